The molecule has 1 aromatic rings. The highest BCUT2D eigenvalue weighted by atomic mass is 79.9. The van der Waals surface area contributed by atoms with Crippen molar-refractivity contribution < 1.29 is 26.7 Å². The van der Waals surface area contributed by atoms with Gasteiger partial charge in [0.05, 0.1) is 15.3 Å². The van der Waals surface area contributed by atoms with E-state index in [2.05, 4.69) is 20.7 Å². The van der Waals surface area contributed by atoms with Crippen molar-refractivity contribution in [3.05, 3.63) is 14.7 Å². The molecule has 112 valence electrons. The molecule has 0 amide bonds. The molecule has 0 bridgehead atoms. The van der Waals surface area contributed by atoms with Crippen LogP contribution < -0.4 is 4.72 Å². The molecular formula is C9H10BrNO6S3. The number of carbonyl (C=O) groups is 1. The van der Waals surface area contributed by atoms with Gasteiger partial charge < -0.3 is 5.11 Å². The van der Waals surface area contributed by atoms with Crippen molar-refractivity contribution in [2.75, 3.05) is 11.5 Å². The maximum Gasteiger partial charge on any atom is 0.345 e. The van der Waals surface area contributed by atoms with E-state index in [1.807, 2.05) is 0 Å². The Hall–Kier alpha value is -0.490. The molecule has 2 heterocycles. The summed E-state index contributed by atoms with van der Waals surface area (Å²) < 4.78 is 49.3. The number of sulfone groups is 1. The zero-order chi connectivity index (χ0) is 15.1. The summed E-state index contributed by atoms with van der Waals surface area (Å²) in [6, 6.07) is 0.369. The van der Waals surface area contributed by atoms with Crippen LogP contribution in [0.1, 0.15) is 16.1 Å². The predicted molar refractivity (Wildman–Crippen MR) is 76.4 cm³/mol. The van der Waals surface area contributed by atoms with Gasteiger partial charge >= 0.3 is 5.97 Å². The zero-order valence-electron chi connectivity index (χ0n) is 9.87. The number of carboxylic acids is 1. The minimum atomic E-state index is -3.95. The molecule has 1 fully saturated rings. The minimum absolute atomic E-state index is 0.0502. The van der Waals surface area contributed by atoms with E-state index in [1.54, 1.807) is 0 Å². The Balaban J connectivity index is 2.25. The van der Waals surface area contributed by atoms with E-state index in [1.165, 1.54) is 0 Å². The molecule has 1 saturated heterocycles. The van der Waals surface area contributed by atoms with Crippen molar-refractivity contribution in [1.29, 1.82) is 0 Å². The normalized spacial score (nSPS) is 21.9. The monoisotopic (exact) mass is 403 g/mol. The lowest BCUT2D eigenvalue weighted by Gasteiger charge is -2.10. The first-order valence-electron chi connectivity index (χ1n) is 5.36. The molecule has 1 aromatic heterocycles. The number of halogens is 1. The van der Waals surface area contributed by atoms with Gasteiger partial charge in [-0.15, -0.1) is 11.3 Å². The Morgan fingerprint density at radius 2 is 2.15 bits per heavy atom. The van der Waals surface area contributed by atoms with Gasteiger partial charge in [0.2, 0.25) is 10.0 Å². The Morgan fingerprint density at radius 3 is 2.60 bits per heavy atom. The van der Waals surface area contributed by atoms with Crippen LogP contribution in [0.15, 0.2) is 14.7 Å². The van der Waals surface area contributed by atoms with Gasteiger partial charge in [-0.3, -0.25) is 0 Å². The van der Waals surface area contributed by atoms with Gasteiger partial charge in [0.25, 0.3) is 0 Å². The molecule has 1 aliphatic rings. The van der Waals surface area contributed by atoms with E-state index in [0.717, 1.165) is 17.4 Å². The van der Waals surface area contributed by atoms with Crippen LogP contribution in [0.2, 0.25) is 0 Å². The predicted octanol–water partition coefficient (Wildman–Crippen LogP) is 0.674. The van der Waals surface area contributed by atoms with Crippen LogP contribution >= 0.6 is 27.3 Å². The third kappa shape index (κ3) is 3.39. The van der Waals surface area contributed by atoms with Crippen LogP contribution in [-0.2, 0) is 19.9 Å². The summed E-state index contributed by atoms with van der Waals surface area (Å²) in [5.74, 6) is -1.51. The summed E-state index contributed by atoms with van der Waals surface area (Å²) in [5.41, 5.74) is 0. The zero-order valence-corrected chi connectivity index (χ0v) is 13.9. The van der Waals surface area contributed by atoms with Crippen molar-refractivity contribution in [1.82, 2.24) is 4.72 Å². The summed E-state index contributed by atoms with van der Waals surface area (Å²) in [6.07, 6.45) is 0.217. The highest BCUT2D eigenvalue weighted by Crippen LogP contribution is 2.32. The standard InChI is InChI=1S/C9H10BrNO6S3/c10-8-7(3-6(18-8)9(12)13)20(16,17)11-5-1-2-19(14,15)4-5/h3,5,11H,1-2,4H2,(H,12,13). The molecule has 11 heteroatoms. The molecular weight excluding hydrogens is 394 g/mol. The molecule has 0 radical (unpaired) electrons. The minimum Gasteiger partial charge on any atom is -0.477 e. The number of aromatic carboxylic acids is 1. The van der Waals surface area contributed by atoms with Crippen molar-refractivity contribution in [3.8, 4) is 0 Å². The van der Waals surface area contributed by atoms with Gasteiger partial charge in [-0.1, -0.05) is 0 Å². The maximum atomic E-state index is 12.1. The van der Waals surface area contributed by atoms with E-state index in [-0.39, 0.29) is 31.5 Å². The quantitative estimate of drug-likeness (QED) is 0.762. The van der Waals surface area contributed by atoms with Crippen molar-refractivity contribution in [2.45, 2.75) is 17.4 Å². The van der Waals surface area contributed by atoms with Gasteiger partial charge in [-0.05, 0) is 28.4 Å². The molecule has 20 heavy (non-hydrogen) atoms. The number of hydrogen-bond acceptors (Lipinski definition) is 6. The number of hydrogen-bond donors (Lipinski definition) is 2. The van der Waals surface area contributed by atoms with Crippen LogP contribution in [0, 0.1) is 0 Å². The lowest BCUT2D eigenvalue weighted by Crippen LogP contribution is -2.35. The fourth-order valence-corrected chi connectivity index (χ4v) is 7.26. The molecule has 7 nitrogen and oxygen atoms in total. The number of thiophene rings is 1. The molecule has 2 rings (SSSR count). The van der Waals surface area contributed by atoms with E-state index < -0.39 is 31.9 Å². The van der Waals surface area contributed by atoms with Gasteiger partial charge in [0, 0.05) is 6.04 Å². The van der Waals surface area contributed by atoms with Crippen LogP contribution in [-0.4, -0.2) is 45.5 Å². The van der Waals surface area contributed by atoms with Crippen molar-refractivity contribution >= 4 is 53.1 Å². The molecule has 0 spiro atoms. The van der Waals surface area contributed by atoms with Crippen molar-refractivity contribution in [2.24, 2.45) is 0 Å². The highest BCUT2D eigenvalue weighted by molar-refractivity contribution is 9.11. The van der Waals surface area contributed by atoms with Gasteiger partial charge in [-0.2, -0.15) is 0 Å². The first-order chi connectivity index (χ1) is 9.11. The number of rotatable bonds is 4. The van der Waals surface area contributed by atoms with Crippen molar-refractivity contribution in [3.63, 3.8) is 0 Å². The molecule has 2 N–H and O–H groups in total. The Morgan fingerprint density at radius 1 is 1.50 bits per heavy atom. The van der Waals surface area contributed by atoms with E-state index in [0.29, 0.717) is 0 Å². The average molecular weight is 404 g/mol. The second-order valence-corrected chi connectivity index (χ2v) is 10.6. The van der Waals surface area contributed by atoms with Gasteiger partial charge in [0.1, 0.15) is 9.77 Å². The third-order valence-electron chi connectivity index (χ3n) is 2.71. The second kappa shape index (κ2) is 5.37. The average Bonchev–Trinajstić information content (AvgIpc) is 2.82. The third-order valence-corrected chi connectivity index (χ3v) is 8.24. The van der Waals surface area contributed by atoms with E-state index in [4.69, 9.17) is 5.11 Å². The summed E-state index contributed by atoms with van der Waals surface area (Å²) in [6.45, 7) is 0. The summed E-state index contributed by atoms with van der Waals surface area (Å²) >= 11 is 3.80. The number of nitrogens with one attached hydrogen (secondary N) is 1. The number of carboxylic acid groups (broad SMARTS) is 1. The molecule has 1 unspecified atom stereocenters. The van der Waals surface area contributed by atoms with E-state index in [9.17, 15) is 21.6 Å². The topological polar surface area (TPSA) is 118 Å². The lowest BCUT2D eigenvalue weighted by molar-refractivity contribution is 0.0702. The Labute approximate surface area is 128 Å². The lowest BCUT2D eigenvalue weighted by atomic mass is 10.3. The fraction of sp³-hybridized carbons (Fsp3) is 0.444. The smallest absolute Gasteiger partial charge is 0.345 e. The molecule has 0 saturated carbocycles. The SMILES string of the molecule is O=C(O)c1cc(S(=O)(=O)NC2CCS(=O)(=O)C2)c(Br)s1. The van der Waals surface area contributed by atoms with Crippen LogP contribution in [0.5, 0.6) is 0 Å². The largest absolute Gasteiger partial charge is 0.477 e. The van der Waals surface area contributed by atoms with Crippen LogP contribution in [0.4, 0.5) is 0 Å². The molecule has 1 aliphatic heterocycles. The first-order valence-corrected chi connectivity index (χ1v) is 10.3. The van der Waals surface area contributed by atoms with Gasteiger partial charge in [0.15, 0.2) is 9.84 Å². The van der Waals surface area contributed by atoms with Gasteiger partial charge in [-0.25, -0.2) is 26.4 Å². The summed E-state index contributed by atoms with van der Waals surface area (Å²) in [5, 5.41) is 8.84. The van der Waals surface area contributed by atoms with Crippen LogP contribution in [0.25, 0.3) is 0 Å². The van der Waals surface area contributed by atoms with E-state index >= 15 is 0 Å². The highest BCUT2D eigenvalue weighted by Gasteiger charge is 2.33. The molecule has 0 aromatic carbocycles. The molecule has 0 aliphatic carbocycles. The fourth-order valence-electron chi connectivity index (χ4n) is 1.81. The number of sulfonamides is 1. The van der Waals surface area contributed by atoms with Crippen LogP contribution in [0.3, 0.4) is 0 Å². The second-order valence-electron chi connectivity index (χ2n) is 4.28. The summed E-state index contributed by atoms with van der Waals surface area (Å²) in [4.78, 5) is 10.5. The Kier molecular flexibility index (Phi) is 4.27. The first kappa shape index (κ1) is 15.9. The molecule has 1 atom stereocenters. The summed E-state index contributed by atoms with van der Waals surface area (Å²) in [7, 11) is -7.15. The Bertz CT molecular complexity index is 751. The maximum absolute atomic E-state index is 12.1.